The zero-order chi connectivity index (χ0) is 12.6. The lowest BCUT2D eigenvalue weighted by Crippen LogP contribution is -2.49. The summed E-state index contributed by atoms with van der Waals surface area (Å²) in [7, 11) is 0. The van der Waals surface area contributed by atoms with E-state index in [0.29, 0.717) is 6.54 Å². The predicted molar refractivity (Wildman–Crippen MR) is 63.5 cm³/mol. The van der Waals surface area contributed by atoms with Crippen LogP contribution in [-0.2, 0) is 9.47 Å². The normalized spacial score (nSPS) is 35.1. The number of alkyl carbamates (subject to hydrolysis) is 1. The van der Waals surface area contributed by atoms with Gasteiger partial charge in [0.2, 0.25) is 0 Å². The molecule has 1 saturated heterocycles. The lowest BCUT2D eigenvalue weighted by molar-refractivity contribution is 0.0473. The zero-order valence-corrected chi connectivity index (χ0v) is 10.5. The quantitative estimate of drug-likeness (QED) is 0.700. The van der Waals surface area contributed by atoms with E-state index in [4.69, 9.17) is 15.2 Å². The Balaban J connectivity index is 1.95. The maximum atomic E-state index is 11.7. The number of amides is 1. The summed E-state index contributed by atoms with van der Waals surface area (Å²) in [6, 6.07) is -0.0788. The molecule has 1 fully saturated rings. The Labute approximate surface area is 101 Å². The molecule has 5 heteroatoms. The average Bonchev–Trinajstić information content (AvgIpc) is 2.74. The topological polar surface area (TPSA) is 73.6 Å². The number of ether oxygens (including phenoxy) is 2. The Bertz CT molecular complexity index is 335. The largest absolute Gasteiger partial charge is 0.444 e. The van der Waals surface area contributed by atoms with Crippen molar-refractivity contribution in [3.63, 3.8) is 0 Å². The third-order valence-electron chi connectivity index (χ3n) is 3.00. The van der Waals surface area contributed by atoms with Crippen LogP contribution in [-0.4, -0.2) is 36.5 Å². The van der Waals surface area contributed by atoms with Crippen LogP contribution in [0.5, 0.6) is 0 Å². The molecule has 0 saturated carbocycles. The molecule has 0 aromatic heterocycles. The van der Waals surface area contributed by atoms with Crippen LogP contribution in [0.25, 0.3) is 0 Å². The molecule has 0 radical (unpaired) electrons. The molecule has 3 N–H and O–H groups in total. The van der Waals surface area contributed by atoms with Gasteiger partial charge in [0.1, 0.15) is 5.60 Å². The maximum Gasteiger partial charge on any atom is 0.407 e. The van der Waals surface area contributed by atoms with E-state index < -0.39 is 11.7 Å². The molecule has 4 atom stereocenters. The SMILES string of the molecule is CC(C)(C)OC(=O)N[C@@H]1C2C=CC(O2)[C@H]1CN. The molecule has 2 aliphatic rings. The third-order valence-corrected chi connectivity index (χ3v) is 3.00. The molecule has 2 aliphatic heterocycles. The van der Waals surface area contributed by atoms with Crippen molar-refractivity contribution < 1.29 is 14.3 Å². The van der Waals surface area contributed by atoms with Gasteiger partial charge in [-0.25, -0.2) is 4.79 Å². The third kappa shape index (κ3) is 2.61. The standard InChI is InChI=1S/C12H20N2O3/c1-12(2,3)17-11(15)14-10-7(6-13)8-4-5-9(10)16-8/h4-5,7-10H,6,13H2,1-3H3,(H,14,15)/t7-,8?,9?,10+/m1/s1. The Kier molecular flexibility index (Phi) is 3.14. The van der Waals surface area contributed by atoms with Crippen molar-refractivity contribution in [2.45, 2.75) is 44.6 Å². The van der Waals surface area contributed by atoms with Gasteiger partial charge in [-0.05, 0) is 20.8 Å². The van der Waals surface area contributed by atoms with Crippen LogP contribution in [0.3, 0.4) is 0 Å². The van der Waals surface area contributed by atoms with Gasteiger partial charge in [0, 0.05) is 12.5 Å². The molecule has 2 rings (SSSR count). The maximum absolute atomic E-state index is 11.7. The van der Waals surface area contributed by atoms with E-state index in [1.807, 2.05) is 32.9 Å². The van der Waals surface area contributed by atoms with E-state index in [0.717, 1.165) is 0 Å². The first kappa shape index (κ1) is 12.4. The Hall–Kier alpha value is -1.07. The minimum atomic E-state index is -0.489. The van der Waals surface area contributed by atoms with E-state index in [1.165, 1.54) is 0 Å². The number of hydrogen-bond donors (Lipinski definition) is 2. The summed E-state index contributed by atoms with van der Waals surface area (Å²) in [5.41, 5.74) is 5.22. The van der Waals surface area contributed by atoms with Gasteiger partial charge in [-0.2, -0.15) is 0 Å². The molecule has 1 amide bonds. The number of fused-ring (bicyclic) bond motifs is 2. The lowest BCUT2D eigenvalue weighted by atomic mass is 9.89. The average molecular weight is 240 g/mol. The van der Waals surface area contributed by atoms with Crippen molar-refractivity contribution in [2.75, 3.05) is 6.54 Å². The molecule has 2 bridgehead atoms. The van der Waals surface area contributed by atoms with Gasteiger partial charge < -0.3 is 20.5 Å². The Morgan fingerprint density at radius 3 is 2.65 bits per heavy atom. The first-order valence-corrected chi connectivity index (χ1v) is 5.94. The molecule has 0 aromatic carbocycles. The van der Waals surface area contributed by atoms with Crippen molar-refractivity contribution >= 4 is 6.09 Å². The van der Waals surface area contributed by atoms with E-state index in [-0.39, 0.29) is 24.2 Å². The molecular formula is C12H20N2O3. The number of carbonyl (C=O) groups excluding carboxylic acids is 1. The summed E-state index contributed by atoms with van der Waals surface area (Å²) in [6.45, 7) is 6.00. The highest BCUT2D eigenvalue weighted by molar-refractivity contribution is 5.68. The molecule has 0 aliphatic carbocycles. The fourth-order valence-electron chi connectivity index (χ4n) is 2.30. The number of rotatable bonds is 2. The second-order valence-electron chi connectivity index (χ2n) is 5.52. The van der Waals surface area contributed by atoms with Crippen molar-refractivity contribution in [2.24, 2.45) is 11.7 Å². The molecule has 96 valence electrons. The van der Waals surface area contributed by atoms with Crippen molar-refractivity contribution in [3.05, 3.63) is 12.2 Å². The van der Waals surface area contributed by atoms with Gasteiger partial charge in [0.05, 0.1) is 18.2 Å². The summed E-state index contributed by atoms with van der Waals surface area (Å²) in [5.74, 6) is 0.137. The minimum Gasteiger partial charge on any atom is -0.444 e. The lowest BCUT2D eigenvalue weighted by Gasteiger charge is -2.27. The van der Waals surface area contributed by atoms with E-state index in [2.05, 4.69) is 5.32 Å². The van der Waals surface area contributed by atoms with E-state index >= 15 is 0 Å². The van der Waals surface area contributed by atoms with Crippen LogP contribution in [0.4, 0.5) is 4.79 Å². The number of carbonyl (C=O) groups is 1. The van der Waals surface area contributed by atoms with Crippen molar-refractivity contribution in [1.82, 2.24) is 5.32 Å². The number of hydrogen-bond acceptors (Lipinski definition) is 4. The first-order valence-electron chi connectivity index (χ1n) is 5.94. The highest BCUT2D eigenvalue weighted by Crippen LogP contribution is 2.33. The smallest absolute Gasteiger partial charge is 0.407 e. The van der Waals surface area contributed by atoms with Crippen molar-refractivity contribution in [1.29, 1.82) is 0 Å². The van der Waals surface area contributed by atoms with Gasteiger partial charge >= 0.3 is 6.09 Å². The van der Waals surface area contributed by atoms with Crippen LogP contribution >= 0.6 is 0 Å². The molecule has 2 heterocycles. The molecule has 0 aromatic rings. The summed E-state index contributed by atoms with van der Waals surface area (Å²) in [5, 5.41) is 2.85. The summed E-state index contributed by atoms with van der Waals surface area (Å²) in [4.78, 5) is 11.7. The van der Waals surface area contributed by atoms with Crippen LogP contribution in [0.2, 0.25) is 0 Å². The van der Waals surface area contributed by atoms with Gasteiger partial charge in [0.25, 0.3) is 0 Å². The fraction of sp³-hybridized carbons (Fsp3) is 0.750. The van der Waals surface area contributed by atoms with Gasteiger partial charge in [-0.3, -0.25) is 0 Å². The second-order valence-corrected chi connectivity index (χ2v) is 5.52. The molecule has 0 spiro atoms. The van der Waals surface area contributed by atoms with Crippen LogP contribution < -0.4 is 11.1 Å². The highest BCUT2D eigenvalue weighted by atomic mass is 16.6. The molecule has 2 unspecified atom stereocenters. The monoisotopic (exact) mass is 240 g/mol. The Morgan fingerprint density at radius 2 is 2.06 bits per heavy atom. The zero-order valence-electron chi connectivity index (χ0n) is 10.5. The van der Waals surface area contributed by atoms with Gasteiger partial charge in [0.15, 0.2) is 0 Å². The van der Waals surface area contributed by atoms with Gasteiger partial charge in [-0.1, -0.05) is 12.2 Å². The summed E-state index contributed by atoms with van der Waals surface area (Å²) >= 11 is 0. The molecule has 17 heavy (non-hydrogen) atoms. The van der Waals surface area contributed by atoms with Crippen LogP contribution in [0.1, 0.15) is 20.8 Å². The second kappa shape index (κ2) is 4.31. The fourth-order valence-corrected chi connectivity index (χ4v) is 2.30. The van der Waals surface area contributed by atoms with Crippen molar-refractivity contribution in [3.8, 4) is 0 Å². The summed E-state index contributed by atoms with van der Waals surface area (Å²) in [6.07, 6.45) is 3.53. The number of nitrogens with two attached hydrogens (primary N) is 1. The first-order chi connectivity index (χ1) is 7.90. The highest BCUT2D eigenvalue weighted by Gasteiger charge is 2.46. The van der Waals surface area contributed by atoms with Crippen LogP contribution in [0.15, 0.2) is 12.2 Å². The predicted octanol–water partition coefficient (Wildman–Crippen LogP) is 0.792. The Morgan fingerprint density at radius 1 is 1.41 bits per heavy atom. The number of nitrogens with one attached hydrogen (secondary N) is 1. The molecular weight excluding hydrogens is 220 g/mol. The van der Waals surface area contributed by atoms with Crippen LogP contribution in [0, 0.1) is 5.92 Å². The van der Waals surface area contributed by atoms with Gasteiger partial charge in [-0.15, -0.1) is 0 Å². The summed E-state index contributed by atoms with van der Waals surface area (Å²) < 4.78 is 10.9. The molecule has 5 nitrogen and oxygen atoms in total. The van der Waals surface area contributed by atoms with E-state index in [9.17, 15) is 4.79 Å². The van der Waals surface area contributed by atoms with E-state index in [1.54, 1.807) is 0 Å². The minimum absolute atomic E-state index is 0.0323.